The molecule has 134 valence electrons. The van der Waals surface area contributed by atoms with Crippen LogP contribution in [-0.2, 0) is 4.79 Å². The molecule has 0 aromatic heterocycles. The van der Waals surface area contributed by atoms with Crippen LogP contribution in [0.3, 0.4) is 0 Å². The first-order chi connectivity index (χ1) is 12.0. The van der Waals surface area contributed by atoms with Gasteiger partial charge >= 0.3 is 6.03 Å². The van der Waals surface area contributed by atoms with Crippen LogP contribution in [0, 0.1) is 0 Å². The number of hydrogen-bond donors (Lipinski definition) is 1. The van der Waals surface area contributed by atoms with Crippen molar-refractivity contribution in [2.45, 2.75) is 25.3 Å². The molecule has 1 atom stereocenters. The third-order valence-corrected chi connectivity index (χ3v) is 4.72. The monoisotopic (exact) mass is 346 g/mol. The van der Waals surface area contributed by atoms with Crippen molar-refractivity contribution >= 4 is 11.8 Å². The van der Waals surface area contributed by atoms with Gasteiger partial charge in [-0.3, -0.25) is 4.79 Å². The van der Waals surface area contributed by atoms with E-state index < -0.39 is 6.04 Å². The summed E-state index contributed by atoms with van der Waals surface area (Å²) < 4.78 is 16.1. The first-order valence-electron chi connectivity index (χ1n) is 8.12. The largest absolute Gasteiger partial charge is 0.493 e. The molecule has 2 aliphatic rings. The third kappa shape index (κ3) is 2.79. The van der Waals surface area contributed by atoms with Gasteiger partial charge in [-0.15, -0.1) is 0 Å². The zero-order valence-electron chi connectivity index (χ0n) is 14.8. The first-order valence-corrected chi connectivity index (χ1v) is 8.12. The van der Waals surface area contributed by atoms with Gasteiger partial charge in [-0.2, -0.15) is 0 Å². The normalized spacial score (nSPS) is 20.2. The van der Waals surface area contributed by atoms with Gasteiger partial charge in [-0.1, -0.05) is 0 Å². The van der Waals surface area contributed by atoms with Gasteiger partial charge in [-0.25, -0.2) is 4.79 Å². The van der Waals surface area contributed by atoms with Crippen LogP contribution >= 0.6 is 0 Å². The average Bonchev–Trinajstić information content (AvgIpc) is 2.63. The van der Waals surface area contributed by atoms with Crippen molar-refractivity contribution in [3.8, 4) is 17.2 Å². The molecule has 7 heteroatoms. The van der Waals surface area contributed by atoms with Gasteiger partial charge in [0.25, 0.3) is 0 Å². The Morgan fingerprint density at radius 2 is 1.68 bits per heavy atom. The smallest absolute Gasteiger partial charge is 0.322 e. The Hall–Kier alpha value is -2.70. The second-order valence-corrected chi connectivity index (χ2v) is 6.04. The number of Topliss-reactive ketones (excluding diaryl/α,β-unsaturated/α-hetero) is 1. The van der Waals surface area contributed by atoms with Crippen molar-refractivity contribution in [3.05, 3.63) is 29.0 Å². The van der Waals surface area contributed by atoms with Gasteiger partial charge in [0, 0.05) is 24.7 Å². The lowest BCUT2D eigenvalue weighted by molar-refractivity contribution is -0.116. The fourth-order valence-corrected chi connectivity index (χ4v) is 3.46. The fourth-order valence-electron chi connectivity index (χ4n) is 3.46. The summed E-state index contributed by atoms with van der Waals surface area (Å²) in [6, 6.07) is 2.78. The van der Waals surface area contributed by atoms with Crippen molar-refractivity contribution in [1.82, 2.24) is 10.2 Å². The Kier molecular flexibility index (Phi) is 4.57. The van der Waals surface area contributed by atoms with Crippen LogP contribution in [0.1, 0.15) is 30.9 Å². The minimum absolute atomic E-state index is 0.0619. The molecule has 0 radical (unpaired) electrons. The van der Waals surface area contributed by atoms with E-state index >= 15 is 0 Å². The van der Waals surface area contributed by atoms with Crippen molar-refractivity contribution < 1.29 is 23.8 Å². The van der Waals surface area contributed by atoms with Gasteiger partial charge in [0.1, 0.15) is 0 Å². The molecule has 0 saturated carbocycles. The first kappa shape index (κ1) is 17.1. The highest BCUT2D eigenvalue weighted by atomic mass is 16.5. The van der Waals surface area contributed by atoms with E-state index in [4.69, 9.17) is 14.2 Å². The summed E-state index contributed by atoms with van der Waals surface area (Å²) in [5.41, 5.74) is 2.15. The highest BCUT2D eigenvalue weighted by Crippen LogP contribution is 2.43. The lowest BCUT2D eigenvalue weighted by Crippen LogP contribution is -2.47. The number of hydrogen-bond acceptors (Lipinski definition) is 5. The molecule has 1 aromatic carbocycles. The number of nitrogens with zero attached hydrogens (tertiary/aromatic N) is 1. The maximum absolute atomic E-state index is 12.6. The molecule has 0 saturated heterocycles. The van der Waals surface area contributed by atoms with E-state index in [1.165, 1.54) is 26.2 Å². The van der Waals surface area contributed by atoms with E-state index in [2.05, 4.69) is 5.32 Å². The summed E-state index contributed by atoms with van der Waals surface area (Å²) in [4.78, 5) is 26.5. The summed E-state index contributed by atoms with van der Waals surface area (Å²) in [5.74, 6) is 1.50. The predicted octanol–water partition coefficient (Wildman–Crippen LogP) is 2.42. The number of rotatable bonds is 4. The molecule has 3 rings (SSSR count). The zero-order chi connectivity index (χ0) is 18.1. The number of methoxy groups -OCH3 is 3. The van der Waals surface area contributed by atoms with E-state index in [9.17, 15) is 9.59 Å². The van der Waals surface area contributed by atoms with E-state index in [0.29, 0.717) is 35.7 Å². The molecular formula is C18H22N2O5. The van der Waals surface area contributed by atoms with Crippen LogP contribution in [0.5, 0.6) is 17.2 Å². The number of carbonyl (C=O) groups excluding carboxylic acids is 2. The minimum atomic E-state index is -0.528. The number of ether oxygens (including phenoxy) is 3. The lowest BCUT2D eigenvalue weighted by atomic mass is 9.84. The number of allylic oxidation sites excluding steroid dienone is 1. The van der Waals surface area contributed by atoms with Gasteiger partial charge in [0.15, 0.2) is 17.3 Å². The second-order valence-electron chi connectivity index (χ2n) is 6.04. The van der Waals surface area contributed by atoms with Crippen molar-refractivity contribution in [3.63, 3.8) is 0 Å². The highest BCUT2D eigenvalue weighted by Gasteiger charge is 2.37. The molecule has 1 aromatic rings. The summed E-state index contributed by atoms with van der Waals surface area (Å²) in [7, 11) is 6.28. The van der Waals surface area contributed by atoms with Crippen molar-refractivity contribution in [2.24, 2.45) is 0 Å². The number of benzene rings is 1. The maximum Gasteiger partial charge on any atom is 0.322 e. The van der Waals surface area contributed by atoms with Crippen LogP contribution in [-0.4, -0.2) is 45.1 Å². The molecule has 0 bridgehead atoms. The van der Waals surface area contributed by atoms with E-state index in [-0.39, 0.29) is 11.8 Å². The molecule has 1 aliphatic heterocycles. The molecule has 1 N–H and O–H groups in total. The summed E-state index contributed by atoms with van der Waals surface area (Å²) >= 11 is 0. The van der Waals surface area contributed by atoms with Crippen LogP contribution in [0.25, 0.3) is 0 Å². The SMILES string of the molecule is COc1cc([C@H]2NC(=O)N(C)C3=C2C(=O)CCC3)cc(OC)c1OC. The number of ketones is 1. The van der Waals surface area contributed by atoms with Crippen molar-refractivity contribution in [2.75, 3.05) is 28.4 Å². The lowest BCUT2D eigenvalue weighted by Gasteiger charge is -2.37. The quantitative estimate of drug-likeness (QED) is 0.906. The Morgan fingerprint density at radius 3 is 2.24 bits per heavy atom. The molecule has 2 amide bonds. The molecule has 0 unspecified atom stereocenters. The molecule has 0 spiro atoms. The molecule has 1 aliphatic carbocycles. The Morgan fingerprint density at radius 1 is 1.04 bits per heavy atom. The van der Waals surface area contributed by atoms with Crippen LogP contribution in [0.2, 0.25) is 0 Å². The number of carbonyl (C=O) groups is 2. The molecule has 0 fully saturated rings. The molecule has 25 heavy (non-hydrogen) atoms. The van der Waals surface area contributed by atoms with E-state index in [1.54, 1.807) is 19.2 Å². The van der Waals surface area contributed by atoms with Gasteiger partial charge in [0.05, 0.1) is 27.4 Å². The minimum Gasteiger partial charge on any atom is -0.493 e. The maximum atomic E-state index is 12.6. The Labute approximate surface area is 146 Å². The third-order valence-electron chi connectivity index (χ3n) is 4.72. The standard InChI is InChI=1S/C18H22N2O5/c1-20-11-6-5-7-12(21)15(11)16(19-18(20)22)10-8-13(23-2)17(25-4)14(9-10)24-3/h8-9,16H,5-7H2,1-4H3,(H,19,22)/t16-/m1/s1. The molecule has 7 nitrogen and oxygen atoms in total. The zero-order valence-corrected chi connectivity index (χ0v) is 14.8. The second kappa shape index (κ2) is 6.66. The fraction of sp³-hybridized carbons (Fsp3) is 0.444. The average molecular weight is 346 g/mol. The van der Waals surface area contributed by atoms with Crippen LogP contribution in [0.15, 0.2) is 23.4 Å². The van der Waals surface area contributed by atoms with Crippen LogP contribution < -0.4 is 19.5 Å². The van der Waals surface area contributed by atoms with Gasteiger partial charge in [0.2, 0.25) is 5.75 Å². The van der Waals surface area contributed by atoms with E-state index in [0.717, 1.165) is 17.7 Å². The van der Waals surface area contributed by atoms with E-state index in [1.807, 2.05) is 0 Å². The molecular weight excluding hydrogens is 324 g/mol. The number of urea groups is 1. The highest BCUT2D eigenvalue weighted by molar-refractivity contribution is 6.01. The predicted molar refractivity (Wildman–Crippen MR) is 91.0 cm³/mol. The van der Waals surface area contributed by atoms with Gasteiger partial charge < -0.3 is 24.4 Å². The Balaban J connectivity index is 2.16. The van der Waals surface area contributed by atoms with Crippen LogP contribution in [0.4, 0.5) is 4.79 Å². The summed E-state index contributed by atoms with van der Waals surface area (Å²) in [6.07, 6.45) is 1.96. The Bertz CT molecular complexity index is 731. The summed E-state index contributed by atoms with van der Waals surface area (Å²) in [5, 5.41) is 2.91. The van der Waals surface area contributed by atoms with Gasteiger partial charge in [-0.05, 0) is 30.5 Å². The number of amides is 2. The van der Waals surface area contributed by atoms with Crippen molar-refractivity contribution in [1.29, 1.82) is 0 Å². The molecule has 1 heterocycles. The topological polar surface area (TPSA) is 77.1 Å². The number of nitrogens with one attached hydrogen (secondary N) is 1. The summed E-state index contributed by atoms with van der Waals surface area (Å²) in [6.45, 7) is 0.